The second kappa shape index (κ2) is 5.25. The lowest BCUT2D eigenvalue weighted by atomic mass is 10.2. The Bertz CT molecular complexity index is 388. The summed E-state index contributed by atoms with van der Waals surface area (Å²) < 4.78 is 0. The van der Waals surface area contributed by atoms with Crippen molar-refractivity contribution in [1.82, 2.24) is 10.3 Å². The molecular weight excluding hydrogens is 204 g/mol. The molecule has 0 spiro atoms. The molecule has 2 rings (SSSR count). The molecule has 5 heteroatoms. The van der Waals surface area contributed by atoms with Crippen molar-refractivity contribution in [1.29, 1.82) is 0 Å². The van der Waals surface area contributed by atoms with Gasteiger partial charge in [-0.2, -0.15) is 5.10 Å². The third-order valence-corrected chi connectivity index (χ3v) is 2.36. The van der Waals surface area contributed by atoms with Gasteiger partial charge >= 0.3 is 0 Å². The Balaban J connectivity index is 2.03. The zero-order valence-electron chi connectivity index (χ0n) is 8.94. The van der Waals surface area contributed by atoms with E-state index in [-0.39, 0.29) is 5.91 Å². The van der Waals surface area contributed by atoms with E-state index in [4.69, 9.17) is 0 Å². The van der Waals surface area contributed by atoms with E-state index < -0.39 is 0 Å². The molecule has 84 valence electrons. The third kappa shape index (κ3) is 2.79. The van der Waals surface area contributed by atoms with E-state index in [9.17, 15) is 4.79 Å². The summed E-state index contributed by atoms with van der Waals surface area (Å²) in [5, 5.41) is 6.89. The maximum absolute atomic E-state index is 11.5. The maximum atomic E-state index is 11.5. The molecule has 1 amide bonds. The van der Waals surface area contributed by atoms with Crippen LogP contribution >= 0.6 is 0 Å². The Kier molecular flexibility index (Phi) is 3.48. The molecule has 16 heavy (non-hydrogen) atoms. The van der Waals surface area contributed by atoms with Crippen molar-refractivity contribution in [2.75, 3.05) is 12.0 Å². The van der Waals surface area contributed by atoms with Crippen LogP contribution in [0.2, 0.25) is 0 Å². The molecule has 0 bridgehead atoms. The fourth-order valence-electron chi connectivity index (χ4n) is 1.50. The molecule has 1 aromatic heterocycles. The number of nitrogens with zero attached hydrogens (tertiary/aromatic N) is 2. The number of nitrogens with one attached hydrogen (secondary N) is 2. The van der Waals surface area contributed by atoms with Crippen LogP contribution in [-0.4, -0.2) is 23.1 Å². The van der Waals surface area contributed by atoms with Crippen LogP contribution in [-0.2, 0) is 4.79 Å². The van der Waals surface area contributed by atoms with Crippen molar-refractivity contribution in [2.24, 2.45) is 5.10 Å². The number of hydrogen-bond donors (Lipinski definition) is 2. The first-order valence-electron chi connectivity index (χ1n) is 5.38. The summed E-state index contributed by atoms with van der Waals surface area (Å²) in [4.78, 5) is 15.6. The minimum Gasteiger partial charge on any atom is -0.351 e. The van der Waals surface area contributed by atoms with Gasteiger partial charge in [0.15, 0.2) is 0 Å². The van der Waals surface area contributed by atoms with Crippen molar-refractivity contribution in [3.8, 4) is 0 Å². The smallest absolute Gasteiger partial charge is 0.267 e. The standard InChI is InChI=1S/C11H14N4O/c16-11-9(5-1-3-8-13-11)14-15-10-6-2-4-7-12-10/h2,4,6-7H,1,3,5,8H2,(H,12,15)(H,13,16)/b14-9+. The number of aromatic nitrogens is 1. The minimum absolute atomic E-state index is 0.0825. The van der Waals surface area contributed by atoms with Gasteiger partial charge in [-0.25, -0.2) is 4.98 Å². The number of hydrazone groups is 1. The first kappa shape index (κ1) is 10.6. The fraction of sp³-hybridized carbons (Fsp3) is 0.364. The molecule has 1 aliphatic heterocycles. The van der Waals surface area contributed by atoms with Crippen LogP contribution in [0.4, 0.5) is 5.82 Å². The monoisotopic (exact) mass is 218 g/mol. The van der Waals surface area contributed by atoms with Crippen LogP contribution in [0.15, 0.2) is 29.5 Å². The molecule has 0 radical (unpaired) electrons. The first-order chi connectivity index (χ1) is 7.86. The van der Waals surface area contributed by atoms with Gasteiger partial charge < -0.3 is 5.32 Å². The van der Waals surface area contributed by atoms with Gasteiger partial charge in [-0.1, -0.05) is 6.07 Å². The van der Waals surface area contributed by atoms with Crippen molar-refractivity contribution in [2.45, 2.75) is 19.3 Å². The maximum Gasteiger partial charge on any atom is 0.267 e. The normalized spacial score (nSPS) is 19.0. The lowest BCUT2D eigenvalue weighted by molar-refractivity contribution is -0.114. The molecule has 2 N–H and O–H groups in total. The molecule has 0 saturated carbocycles. The second-order valence-electron chi connectivity index (χ2n) is 3.60. The molecule has 1 aromatic rings. The van der Waals surface area contributed by atoms with Gasteiger partial charge in [-0.05, 0) is 31.4 Å². The zero-order valence-corrected chi connectivity index (χ0v) is 8.94. The van der Waals surface area contributed by atoms with E-state index in [0.29, 0.717) is 18.0 Å². The summed E-state index contributed by atoms with van der Waals surface area (Å²) in [6.45, 7) is 0.738. The Labute approximate surface area is 94.0 Å². The molecule has 0 unspecified atom stereocenters. The van der Waals surface area contributed by atoms with Gasteiger partial charge in [0.1, 0.15) is 11.5 Å². The highest BCUT2D eigenvalue weighted by molar-refractivity contribution is 6.39. The summed E-state index contributed by atoms with van der Waals surface area (Å²) >= 11 is 0. The highest BCUT2D eigenvalue weighted by Crippen LogP contribution is 2.04. The van der Waals surface area contributed by atoms with Crippen LogP contribution in [0.25, 0.3) is 0 Å². The number of anilines is 1. The van der Waals surface area contributed by atoms with Gasteiger partial charge in [0.05, 0.1) is 0 Å². The largest absolute Gasteiger partial charge is 0.351 e. The van der Waals surface area contributed by atoms with E-state index >= 15 is 0 Å². The summed E-state index contributed by atoms with van der Waals surface area (Å²) in [6.07, 6.45) is 4.39. The Morgan fingerprint density at radius 3 is 3.12 bits per heavy atom. The van der Waals surface area contributed by atoms with Crippen molar-refractivity contribution < 1.29 is 4.79 Å². The number of amides is 1. The highest BCUT2D eigenvalue weighted by Gasteiger charge is 2.14. The van der Waals surface area contributed by atoms with E-state index in [1.807, 2.05) is 12.1 Å². The predicted octanol–water partition coefficient (Wildman–Crippen LogP) is 1.15. The molecule has 1 saturated heterocycles. The first-order valence-corrected chi connectivity index (χ1v) is 5.38. The number of carbonyl (C=O) groups excluding carboxylic acids is 1. The van der Waals surface area contributed by atoms with Gasteiger partial charge in [0.25, 0.3) is 5.91 Å². The lowest BCUT2D eigenvalue weighted by Crippen LogP contribution is -2.29. The summed E-state index contributed by atoms with van der Waals surface area (Å²) in [5.41, 5.74) is 3.33. The molecule has 1 fully saturated rings. The Morgan fingerprint density at radius 1 is 1.38 bits per heavy atom. The third-order valence-electron chi connectivity index (χ3n) is 2.36. The van der Waals surface area contributed by atoms with Gasteiger partial charge in [-0.15, -0.1) is 0 Å². The number of rotatable bonds is 2. The van der Waals surface area contributed by atoms with Crippen LogP contribution in [0.1, 0.15) is 19.3 Å². The van der Waals surface area contributed by atoms with Crippen LogP contribution < -0.4 is 10.7 Å². The summed E-state index contributed by atoms with van der Waals surface area (Å²) in [5.74, 6) is 0.563. The topological polar surface area (TPSA) is 66.4 Å². The second-order valence-corrected chi connectivity index (χ2v) is 3.60. The highest BCUT2D eigenvalue weighted by atomic mass is 16.1. The van der Waals surface area contributed by atoms with Gasteiger partial charge in [-0.3, -0.25) is 10.2 Å². The lowest BCUT2D eigenvalue weighted by Gasteiger charge is -2.02. The average Bonchev–Trinajstić information content (AvgIpc) is 2.53. The van der Waals surface area contributed by atoms with E-state index in [1.165, 1.54) is 0 Å². The van der Waals surface area contributed by atoms with Gasteiger partial charge in [0, 0.05) is 12.7 Å². The van der Waals surface area contributed by atoms with E-state index in [2.05, 4.69) is 20.8 Å². The molecular formula is C11H14N4O. The van der Waals surface area contributed by atoms with Gasteiger partial charge in [0.2, 0.25) is 0 Å². The van der Waals surface area contributed by atoms with Crippen molar-refractivity contribution in [3.05, 3.63) is 24.4 Å². The minimum atomic E-state index is -0.0825. The van der Waals surface area contributed by atoms with E-state index in [1.54, 1.807) is 12.3 Å². The van der Waals surface area contributed by atoms with Crippen molar-refractivity contribution >= 4 is 17.4 Å². The number of hydrogen-bond acceptors (Lipinski definition) is 4. The Morgan fingerprint density at radius 2 is 2.31 bits per heavy atom. The molecule has 2 heterocycles. The average molecular weight is 218 g/mol. The quantitative estimate of drug-likeness (QED) is 0.732. The zero-order chi connectivity index (χ0) is 11.2. The van der Waals surface area contributed by atoms with E-state index in [0.717, 1.165) is 19.4 Å². The van der Waals surface area contributed by atoms with Crippen LogP contribution in [0, 0.1) is 0 Å². The number of carbonyl (C=O) groups is 1. The molecule has 0 atom stereocenters. The molecule has 0 aliphatic carbocycles. The fourth-order valence-corrected chi connectivity index (χ4v) is 1.50. The molecule has 5 nitrogen and oxygen atoms in total. The SMILES string of the molecule is O=C1NCCCC/C1=N\Nc1ccccn1. The summed E-state index contributed by atoms with van der Waals surface area (Å²) in [6, 6.07) is 5.50. The summed E-state index contributed by atoms with van der Waals surface area (Å²) in [7, 11) is 0. The Hall–Kier alpha value is -1.91. The van der Waals surface area contributed by atoms with Crippen LogP contribution in [0.3, 0.4) is 0 Å². The van der Waals surface area contributed by atoms with Crippen molar-refractivity contribution in [3.63, 3.8) is 0 Å². The predicted molar refractivity (Wildman–Crippen MR) is 62.2 cm³/mol. The molecule has 0 aromatic carbocycles. The number of pyridine rings is 1. The molecule has 1 aliphatic rings. The van der Waals surface area contributed by atoms with Crippen LogP contribution in [0.5, 0.6) is 0 Å².